The minimum absolute atomic E-state index is 0.0535. The molecule has 2 aromatic rings. The van der Waals surface area contributed by atoms with E-state index in [1.54, 1.807) is 11.6 Å². The zero-order valence-corrected chi connectivity index (χ0v) is 11.4. The maximum Gasteiger partial charge on any atom is 0.329 e. The summed E-state index contributed by atoms with van der Waals surface area (Å²) in [4.78, 5) is 30.1. The van der Waals surface area contributed by atoms with Gasteiger partial charge in [0, 0.05) is 20.1 Å². The van der Waals surface area contributed by atoms with Gasteiger partial charge in [-0.3, -0.25) is 14.3 Å². The first kappa shape index (κ1) is 14.1. The van der Waals surface area contributed by atoms with E-state index < -0.39 is 11.2 Å². The molecular weight excluding hydrogens is 262 g/mol. The molecule has 0 spiro atoms. The first-order chi connectivity index (χ1) is 9.60. The number of H-pyrrole nitrogens is 1. The van der Waals surface area contributed by atoms with Crippen molar-refractivity contribution in [2.45, 2.75) is 13.5 Å². The van der Waals surface area contributed by atoms with Gasteiger partial charge in [-0.05, 0) is 6.92 Å². The highest BCUT2D eigenvalue weighted by Crippen LogP contribution is 2.14. The maximum atomic E-state index is 12.0. The van der Waals surface area contributed by atoms with E-state index in [-0.39, 0.29) is 6.61 Å². The summed E-state index contributed by atoms with van der Waals surface area (Å²) in [6, 6.07) is 0. The fourth-order valence-electron chi connectivity index (χ4n) is 1.93. The van der Waals surface area contributed by atoms with Crippen LogP contribution in [0.3, 0.4) is 0 Å². The van der Waals surface area contributed by atoms with Gasteiger partial charge in [0.25, 0.3) is 5.56 Å². The van der Waals surface area contributed by atoms with Crippen molar-refractivity contribution in [1.82, 2.24) is 19.1 Å². The van der Waals surface area contributed by atoms with E-state index in [2.05, 4.69) is 15.3 Å². The number of aliphatic hydroxyl groups is 1. The summed E-state index contributed by atoms with van der Waals surface area (Å²) < 4.78 is 2.95. The third-order valence-electron chi connectivity index (χ3n) is 2.93. The Morgan fingerprint density at radius 1 is 1.45 bits per heavy atom. The van der Waals surface area contributed by atoms with Crippen LogP contribution in [0.5, 0.6) is 0 Å². The van der Waals surface area contributed by atoms with Crippen LogP contribution in [-0.4, -0.2) is 37.4 Å². The van der Waals surface area contributed by atoms with Crippen LogP contribution in [0.2, 0.25) is 0 Å². The van der Waals surface area contributed by atoms with E-state index in [4.69, 9.17) is 5.11 Å². The van der Waals surface area contributed by atoms with Crippen molar-refractivity contribution in [3.8, 4) is 0 Å². The molecule has 0 aromatic carbocycles. The van der Waals surface area contributed by atoms with Gasteiger partial charge >= 0.3 is 5.69 Å². The monoisotopic (exact) mass is 279 g/mol. The Morgan fingerprint density at radius 2 is 2.20 bits per heavy atom. The molecule has 20 heavy (non-hydrogen) atoms. The largest absolute Gasteiger partial charge is 0.395 e. The molecule has 0 aliphatic heterocycles. The van der Waals surface area contributed by atoms with Crippen molar-refractivity contribution in [2.75, 3.05) is 18.5 Å². The van der Waals surface area contributed by atoms with Crippen LogP contribution in [-0.2, 0) is 13.6 Å². The second-order valence-electron chi connectivity index (χ2n) is 4.26. The summed E-state index contributed by atoms with van der Waals surface area (Å²) in [7, 11) is 1.55. The number of nitrogens with zero attached hydrogens (tertiary/aromatic N) is 3. The lowest BCUT2D eigenvalue weighted by Gasteiger charge is -2.06. The molecule has 0 fully saturated rings. The number of hydrogen-bond acceptors (Lipinski definition) is 5. The van der Waals surface area contributed by atoms with Crippen LogP contribution < -0.4 is 16.6 Å². The third kappa shape index (κ3) is 2.37. The molecule has 0 bridgehead atoms. The predicted molar refractivity (Wildman–Crippen MR) is 76.0 cm³/mol. The quantitative estimate of drug-likeness (QED) is 0.634. The van der Waals surface area contributed by atoms with Gasteiger partial charge in [0.2, 0.25) is 5.95 Å². The Hall–Kier alpha value is -2.35. The number of hydrogen-bond donors (Lipinski definition) is 3. The highest BCUT2D eigenvalue weighted by atomic mass is 16.3. The van der Waals surface area contributed by atoms with Crippen LogP contribution in [0.25, 0.3) is 11.2 Å². The minimum atomic E-state index is -0.508. The fraction of sp³-hybridized carbons (Fsp3) is 0.417. The van der Waals surface area contributed by atoms with Crippen molar-refractivity contribution in [1.29, 1.82) is 0 Å². The van der Waals surface area contributed by atoms with Gasteiger partial charge in [-0.25, -0.2) is 4.79 Å². The van der Waals surface area contributed by atoms with Crippen LogP contribution in [0, 0.1) is 0 Å². The van der Waals surface area contributed by atoms with Crippen molar-refractivity contribution < 1.29 is 5.11 Å². The Kier molecular flexibility index (Phi) is 4.04. The van der Waals surface area contributed by atoms with E-state index in [1.165, 1.54) is 4.57 Å². The van der Waals surface area contributed by atoms with Gasteiger partial charge in [-0.1, -0.05) is 12.2 Å². The summed E-state index contributed by atoms with van der Waals surface area (Å²) >= 11 is 0. The van der Waals surface area contributed by atoms with Gasteiger partial charge < -0.3 is 15.0 Å². The maximum absolute atomic E-state index is 12.0. The number of imidazole rings is 1. The molecule has 8 nitrogen and oxygen atoms in total. The summed E-state index contributed by atoms with van der Waals surface area (Å²) in [5.74, 6) is 0.443. The number of anilines is 1. The van der Waals surface area contributed by atoms with Gasteiger partial charge in [-0.2, -0.15) is 4.98 Å². The molecule has 0 amide bonds. The fourth-order valence-corrected chi connectivity index (χ4v) is 1.93. The normalized spacial score (nSPS) is 11.6. The van der Waals surface area contributed by atoms with Gasteiger partial charge in [0.05, 0.1) is 6.61 Å². The molecule has 2 heterocycles. The average Bonchev–Trinajstić information content (AvgIpc) is 2.79. The first-order valence-corrected chi connectivity index (χ1v) is 6.25. The number of aliphatic hydroxyl groups excluding tert-OH is 1. The zero-order chi connectivity index (χ0) is 14.7. The highest BCUT2D eigenvalue weighted by Gasteiger charge is 2.16. The Balaban J connectivity index is 2.72. The molecule has 0 saturated carbocycles. The molecule has 0 unspecified atom stereocenters. The molecule has 0 saturated heterocycles. The molecule has 0 radical (unpaired) electrons. The van der Waals surface area contributed by atoms with E-state index in [0.29, 0.717) is 30.2 Å². The van der Waals surface area contributed by atoms with E-state index in [9.17, 15) is 9.59 Å². The van der Waals surface area contributed by atoms with Crippen molar-refractivity contribution in [3.63, 3.8) is 0 Å². The Labute approximate surface area is 114 Å². The van der Waals surface area contributed by atoms with Crippen molar-refractivity contribution in [2.24, 2.45) is 7.05 Å². The lowest BCUT2D eigenvalue weighted by atomic mass is 10.4. The van der Waals surface area contributed by atoms with E-state index in [0.717, 1.165) is 0 Å². The smallest absolute Gasteiger partial charge is 0.329 e. The number of nitrogens with one attached hydrogen (secondary N) is 2. The Morgan fingerprint density at radius 3 is 2.85 bits per heavy atom. The molecule has 2 rings (SSSR count). The highest BCUT2D eigenvalue weighted by molar-refractivity contribution is 5.74. The predicted octanol–water partition coefficient (Wildman–Crippen LogP) is -0.596. The van der Waals surface area contributed by atoms with Gasteiger partial charge in [0.15, 0.2) is 11.2 Å². The topological polar surface area (TPSA) is 105 Å². The second kappa shape index (κ2) is 5.74. The molecular formula is C12H17N5O3. The number of aromatic amines is 1. The number of allylic oxidation sites excluding steroid dienone is 2. The number of rotatable bonds is 5. The van der Waals surface area contributed by atoms with Crippen LogP contribution in [0.4, 0.5) is 5.95 Å². The summed E-state index contributed by atoms with van der Waals surface area (Å²) in [6.07, 6.45) is 3.73. The summed E-state index contributed by atoms with van der Waals surface area (Å²) in [5, 5.41) is 11.8. The van der Waals surface area contributed by atoms with Crippen LogP contribution >= 0.6 is 0 Å². The SMILES string of the molecule is C/C=C/Cn1c(NCCO)nc2c1c(=O)[nH]c(=O)n2C. The Bertz CT molecular complexity index is 753. The molecule has 3 N–H and O–H groups in total. The molecule has 0 aliphatic carbocycles. The van der Waals surface area contributed by atoms with Gasteiger partial charge in [-0.15, -0.1) is 0 Å². The lowest BCUT2D eigenvalue weighted by Crippen LogP contribution is -2.29. The van der Waals surface area contributed by atoms with E-state index in [1.807, 2.05) is 19.1 Å². The molecule has 108 valence electrons. The van der Waals surface area contributed by atoms with Crippen molar-refractivity contribution in [3.05, 3.63) is 33.0 Å². The number of fused-ring (bicyclic) bond motifs is 1. The van der Waals surface area contributed by atoms with Crippen LogP contribution in [0.1, 0.15) is 6.92 Å². The minimum Gasteiger partial charge on any atom is -0.395 e. The van der Waals surface area contributed by atoms with Gasteiger partial charge in [0.1, 0.15) is 0 Å². The number of aromatic nitrogens is 4. The first-order valence-electron chi connectivity index (χ1n) is 6.25. The summed E-state index contributed by atoms with van der Waals surface area (Å²) in [5.41, 5.74) is -0.349. The standard InChI is InChI=1S/C12H17N5O3/c1-3-4-6-17-8-9(14-11(17)13-5-7-18)16(2)12(20)15-10(8)19/h3-4,18H,5-7H2,1-2H3,(H,13,14)(H,15,19,20)/b4-3+. The third-order valence-corrected chi connectivity index (χ3v) is 2.93. The van der Waals surface area contributed by atoms with E-state index >= 15 is 0 Å². The van der Waals surface area contributed by atoms with Crippen molar-refractivity contribution >= 4 is 17.1 Å². The lowest BCUT2D eigenvalue weighted by molar-refractivity contribution is 0.310. The van der Waals surface area contributed by atoms with Crippen LogP contribution in [0.15, 0.2) is 21.7 Å². The molecule has 2 aromatic heterocycles. The number of aryl methyl sites for hydroxylation is 1. The molecule has 0 aliphatic rings. The summed E-state index contributed by atoms with van der Waals surface area (Å²) in [6.45, 7) is 2.58. The second-order valence-corrected chi connectivity index (χ2v) is 4.26. The average molecular weight is 279 g/mol. The molecule has 8 heteroatoms. The zero-order valence-electron chi connectivity index (χ0n) is 11.4. The molecule has 0 atom stereocenters.